The van der Waals surface area contributed by atoms with Gasteiger partial charge in [-0.25, -0.2) is 9.59 Å². The van der Waals surface area contributed by atoms with Crippen molar-refractivity contribution in [1.82, 2.24) is 4.90 Å². The zero-order valence-electron chi connectivity index (χ0n) is 17.3. The van der Waals surface area contributed by atoms with Crippen LogP contribution in [0.4, 0.5) is 4.79 Å². The second-order valence-electron chi connectivity index (χ2n) is 8.23. The number of fused-ring (bicyclic) bond motifs is 3. The maximum absolute atomic E-state index is 13.0. The number of ether oxygens (including phenoxy) is 2. The zero-order chi connectivity index (χ0) is 21.4. The normalized spacial score (nSPS) is 19.6. The lowest BCUT2D eigenvalue weighted by atomic mass is 9.92. The summed E-state index contributed by atoms with van der Waals surface area (Å²) in [4.78, 5) is 27.0. The maximum Gasteiger partial charge on any atom is 0.413 e. The van der Waals surface area contributed by atoms with Gasteiger partial charge in [0.25, 0.3) is 0 Å². The Hall–Kier alpha value is -3.60. The fourth-order valence-electron chi connectivity index (χ4n) is 4.62. The molecular formula is C26H23NO4. The second kappa shape index (κ2) is 7.58. The van der Waals surface area contributed by atoms with Gasteiger partial charge in [-0.05, 0) is 34.7 Å². The van der Waals surface area contributed by atoms with Gasteiger partial charge in [-0.2, -0.15) is 0 Å². The molecular weight excluding hydrogens is 390 g/mol. The number of amides is 1. The van der Waals surface area contributed by atoms with Crippen molar-refractivity contribution >= 4 is 12.1 Å². The quantitative estimate of drug-likeness (QED) is 0.579. The van der Waals surface area contributed by atoms with Crippen LogP contribution in [-0.4, -0.2) is 35.8 Å². The summed E-state index contributed by atoms with van der Waals surface area (Å²) in [5.74, 6) is -0.444. The van der Waals surface area contributed by atoms with Gasteiger partial charge in [0.2, 0.25) is 0 Å². The minimum atomic E-state index is -1.09. The van der Waals surface area contributed by atoms with Crippen LogP contribution < -0.4 is 0 Å². The summed E-state index contributed by atoms with van der Waals surface area (Å²) in [6.07, 6.45) is -0.164. The van der Waals surface area contributed by atoms with Crippen molar-refractivity contribution in [2.75, 3.05) is 13.3 Å². The molecule has 31 heavy (non-hydrogen) atoms. The molecule has 2 aliphatic rings. The molecule has 1 aliphatic carbocycles. The van der Waals surface area contributed by atoms with E-state index >= 15 is 0 Å². The van der Waals surface area contributed by atoms with Crippen molar-refractivity contribution in [3.63, 3.8) is 0 Å². The maximum atomic E-state index is 13.0. The minimum absolute atomic E-state index is 0.0315. The fraction of sp³-hybridized carbons (Fsp3) is 0.231. The Bertz CT molecular complexity index is 1100. The lowest BCUT2D eigenvalue weighted by Crippen LogP contribution is -2.50. The molecule has 1 aliphatic heterocycles. The van der Waals surface area contributed by atoms with Gasteiger partial charge in [0.05, 0.1) is 0 Å². The van der Waals surface area contributed by atoms with Crippen LogP contribution in [0.25, 0.3) is 11.1 Å². The van der Waals surface area contributed by atoms with Gasteiger partial charge in [-0.3, -0.25) is 4.90 Å². The third kappa shape index (κ3) is 3.26. The lowest BCUT2D eigenvalue weighted by molar-refractivity contribution is -0.142. The highest BCUT2D eigenvalue weighted by atomic mass is 16.6. The van der Waals surface area contributed by atoms with Crippen LogP contribution in [-0.2, 0) is 20.7 Å². The number of hydrogen-bond acceptors (Lipinski definition) is 4. The molecule has 0 saturated carbocycles. The largest absolute Gasteiger partial charge is 0.448 e. The number of carbonyl (C=O) groups excluding carboxylic acids is 2. The lowest BCUT2D eigenvalue weighted by Gasteiger charge is -2.30. The molecule has 0 radical (unpaired) electrons. The summed E-state index contributed by atoms with van der Waals surface area (Å²) in [7, 11) is 0. The Balaban J connectivity index is 1.35. The molecule has 5 heteroatoms. The topological polar surface area (TPSA) is 55.8 Å². The number of cyclic esters (lactones) is 1. The van der Waals surface area contributed by atoms with Crippen molar-refractivity contribution in [3.05, 3.63) is 95.6 Å². The molecule has 1 heterocycles. The highest BCUT2D eigenvalue weighted by Crippen LogP contribution is 2.44. The molecule has 1 saturated heterocycles. The molecule has 0 aromatic heterocycles. The second-order valence-corrected chi connectivity index (χ2v) is 8.23. The Kier molecular flexibility index (Phi) is 4.74. The smallest absolute Gasteiger partial charge is 0.413 e. The fourth-order valence-corrected chi connectivity index (χ4v) is 4.62. The number of nitrogens with zero attached hydrogens (tertiary/aromatic N) is 1. The molecule has 0 bridgehead atoms. The van der Waals surface area contributed by atoms with Gasteiger partial charge in [-0.1, -0.05) is 78.9 Å². The highest BCUT2D eigenvalue weighted by molar-refractivity contribution is 5.88. The van der Waals surface area contributed by atoms with E-state index in [4.69, 9.17) is 9.47 Å². The van der Waals surface area contributed by atoms with E-state index in [1.54, 1.807) is 6.92 Å². The SMILES string of the molecule is C[C@]1(Cc2ccccc2)C(=O)OCN1C(=O)OCC1c2ccccc2-c2ccccc21. The molecule has 1 amide bonds. The Morgan fingerprint density at radius 2 is 1.55 bits per heavy atom. The average molecular weight is 413 g/mol. The molecule has 156 valence electrons. The van der Waals surface area contributed by atoms with Crippen LogP contribution in [0.3, 0.4) is 0 Å². The molecule has 1 atom stereocenters. The standard InChI is InChI=1S/C26H23NO4/c1-26(15-18-9-3-2-4-10-18)24(28)31-17-27(26)25(29)30-16-23-21-13-7-5-11-19(21)20-12-6-8-14-22(20)23/h2-14,23H,15-17H2,1H3/t26-/m0/s1. The van der Waals surface area contributed by atoms with Crippen LogP contribution >= 0.6 is 0 Å². The van der Waals surface area contributed by atoms with E-state index in [1.165, 1.54) is 16.0 Å². The van der Waals surface area contributed by atoms with Gasteiger partial charge in [-0.15, -0.1) is 0 Å². The Morgan fingerprint density at radius 3 is 2.19 bits per heavy atom. The number of esters is 1. The predicted molar refractivity (Wildman–Crippen MR) is 116 cm³/mol. The Labute approximate surface area is 181 Å². The van der Waals surface area contributed by atoms with Gasteiger partial charge in [0, 0.05) is 12.3 Å². The van der Waals surface area contributed by atoms with E-state index in [-0.39, 0.29) is 19.3 Å². The van der Waals surface area contributed by atoms with E-state index in [0.717, 1.165) is 16.7 Å². The van der Waals surface area contributed by atoms with Crippen molar-refractivity contribution in [2.24, 2.45) is 0 Å². The number of benzene rings is 3. The van der Waals surface area contributed by atoms with Crippen LogP contribution in [0.5, 0.6) is 0 Å². The first-order valence-corrected chi connectivity index (χ1v) is 10.4. The molecule has 5 nitrogen and oxygen atoms in total. The summed E-state index contributed by atoms with van der Waals surface area (Å²) in [5.41, 5.74) is 4.51. The Morgan fingerprint density at radius 1 is 0.968 bits per heavy atom. The van der Waals surface area contributed by atoms with E-state index in [9.17, 15) is 9.59 Å². The molecule has 0 spiro atoms. The molecule has 0 N–H and O–H groups in total. The third-order valence-corrected chi connectivity index (χ3v) is 6.31. The van der Waals surface area contributed by atoms with Crippen LogP contribution in [0.2, 0.25) is 0 Å². The van der Waals surface area contributed by atoms with Crippen molar-refractivity contribution in [3.8, 4) is 11.1 Å². The van der Waals surface area contributed by atoms with Gasteiger partial charge >= 0.3 is 12.1 Å². The third-order valence-electron chi connectivity index (χ3n) is 6.31. The van der Waals surface area contributed by atoms with Crippen molar-refractivity contribution in [2.45, 2.75) is 24.8 Å². The van der Waals surface area contributed by atoms with E-state index in [0.29, 0.717) is 6.42 Å². The van der Waals surface area contributed by atoms with Crippen molar-refractivity contribution < 1.29 is 19.1 Å². The van der Waals surface area contributed by atoms with E-state index in [1.807, 2.05) is 54.6 Å². The van der Waals surface area contributed by atoms with E-state index < -0.39 is 17.6 Å². The summed E-state index contributed by atoms with van der Waals surface area (Å²) in [6.45, 7) is 1.84. The predicted octanol–water partition coefficient (Wildman–Crippen LogP) is 4.75. The summed E-state index contributed by atoms with van der Waals surface area (Å²) < 4.78 is 11.0. The van der Waals surface area contributed by atoms with Crippen LogP contribution in [0, 0.1) is 0 Å². The van der Waals surface area contributed by atoms with Crippen molar-refractivity contribution in [1.29, 1.82) is 0 Å². The summed E-state index contributed by atoms with van der Waals surface area (Å²) in [6, 6.07) is 26.0. The summed E-state index contributed by atoms with van der Waals surface area (Å²) in [5, 5.41) is 0. The van der Waals surface area contributed by atoms with Crippen LogP contribution in [0.1, 0.15) is 29.5 Å². The number of carbonyl (C=O) groups is 2. The number of hydrogen-bond donors (Lipinski definition) is 0. The van der Waals surface area contributed by atoms with Gasteiger partial charge in [0.15, 0.2) is 6.73 Å². The first-order chi connectivity index (χ1) is 15.1. The highest BCUT2D eigenvalue weighted by Gasteiger charge is 2.50. The van der Waals surface area contributed by atoms with Crippen LogP contribution in [0.15, 0.2) is 78.9 Å². The van der Waals surface area contributed by atoms with Gasteiger partial charge in [0.1, 0.15) is 12.1 Å². The van der Waals surface area contributed by atoms with Gasteiger partial charge < -0.3 is 9.47 Å². The minimum Gasteiger partial charge on any atom is -0.448 e. The number of rotatable bonds is 4. The summed E-state index contributed by atoms with van der Waals surface area (Å²) >= 11 is 0. The molecule has 0 unspecified atom stereocenters. The molecule has 1 fully saturated rings. The average Bonchev–Trinajstić information content (AvgIpc) is 3.27. The zero-order valence-corrected chi connectivity index (χ0v) is 17.3. The van der Waals surface area contributed by atoms with E-state index in [2.05, 4.69) is 24.3 Å². The molecule has 3 aromatic carbocycles. The molecule has 3 aromatic rings. The monoisotopic (exact) mass is 413 g/mol. The molecule has 5 rings (SSSR count). The first kappa shape index (κ1) is 19.4. The first-order valence-electron chi connectivity index (χ1n) is 10.4.